The molecule has 0 fully saturated rings. The Balaban J connectivity index is 1.83. The third-order valence-corrected chi connectivity index (χ3v) is 3.98. The monoisotopic (exact) mass is 320 g/mol. The molecular weight excluding hydrogens is 300 g/mol. The van der Waals surface area contributed by atoms with Crippen LogP contribution in [-0.2, 0) is 11.2 Å². The number of hydrogen-bond donors (Lipinski definition) is 1. The highest BCUT2D eigenvalue weighted by molar-refractivity contribution is 5.84. The molecule has 0 aliphatic carbocycles. The summed E-state index contributed by atoms with van der Waals surface area (Å²) in [5, 5.41) is 11.7. The number of aryl methyl sites for hydroxylation is 2. The van der Waals surface area contributed by atoms with Gasteiger partial charge < -0.3 is 9.84 Å². The Morgan fingerprint density at radius 1 is 0.958 bits per heavy atom. The molecule has 3 rings (SSSR count). The molecule has 0 aliphatic heterocycles. The van der Waals surface area contributed by atoms with Crippen molar-refractivity contribution in [1.29, 1.82) is 0 Å². The molecule has 0 radical (unpaired) electrons. The summed E-state index contributed by atoms with van der Waals surface area (Å²) in [5.74, 6) is -0.382. The molecule has 0 heterocycles. The summed E-state index contributed by atoms with van der Waals surface area (Å²) in [6, 6.07) is 19.7. The third kappa shape index (κ3) is 3.74. The molecule has 0 aromatic heterocycles. The minimum Gasteiger partial charge on any atom is -0.478 e. The van der Waals surface area contributed by atoms with E-state index in [0.717, 1.165) is 27.5 Å². The van der Waals surface area contributed by atoms with Crippen molar-refractivity contribution in [2.24, 2.45) is 0 Å². The molecular formula is C21H20O3. The number of ether oxygens (including phenoxy) is 1. The number of benzene rings is 3. The zero-order chi connectivity index (χ0) is 17.1. The summed E-state index contributed by atoms with van der Waals surface area (Å²) in [6.07, 6.45) is -0.572. The Bertz CT molecular complexity index is 863. The summed E-state index contributed by atoms with van der Waals surface area (Å²) in [4.78, 5) is 11.6. The van der Waals surface area contributed by atoms with Crippen molar-refractivity contribution in [3.05, 3.63) is 77.4 Å². The summed E-state index contributed by atoms with van der Waals surface area (Å²) in [5.41, 5.74) is 3.22. The molecule has 3 aromatic carbocycles. The smallest absolute Gasteiger partial charge is 0.345 e. The standard InChI is InChI=1S/C21H20O3/c1-14-9-15(2)11-16(10-14)12-20(21(22)23)24-19-8-7-17-5-3-4-6-18(17)13-19/h3-11,13,20H,12H2,1-2H3,(H,22,23)/t20-/m1/s1. The van der Waals surface area contributed by atoms with Gasteiger partial charge in [0, 0.05) is 6.42 Å². The van der Waals surface area contributed by atoms with Gasteiger partial charge in [0.15, 0.2) is 6.10 Å². The predicted octanol–water partition coefficient (Wildman–Crippen LogP) is 4.53. The topological polar surface area (TPSA) is 46.5 Å². The zero-order valence-electron chi connectivity index (χ0n) is 13.8. The molecule has 0 saturated carbocycles. The van der Waals surface area contributed by atoms with Crippen LogP contribution >= 0.6 is 0 Å². The Hall–Kier alpha value is -2.81. The molecule has 3 nitrogen and oxygen atoms in total. The summed E-state index contributed by atoms with van der Waals surface area (Å²) in [6.45, 7) is 4.02. The van der Waals surface area contributed by atoms with Gasteiger partial charge in [0.1, 0.15) is 5.75 Å². The van der Waals surface area contributed by atoms with Crippen LogP contribution in [0, 0.1) is 13.8 Å². The van der Waals surface area contributed by atoms with E-state index in [1.165, 1.54) is 0 Å². The van der Waals surface area contributed by atoms with Gasteiger partial charge in [-0.15, -0.1) is 0 Å². The maximum atomic E-state index is 11.6. The normalized spacial score (nSPS) is 12.1. The summed E-state index contributed by atoms with van der Waals surface area (Å²) >= 11 is 0. The minimum absolute atomic E-state index is 0.338. The van der Waals surface area contributed by atoms with Crippen LogP contribution in [0.5, 0.6) is 5.75 Å². The highest BCUT2D eigenvalue weighted by atomic mass is 16.5. The van der Waals surface area contributed by atoms with Crippen molar-refractivity contribution in [3.63, 3.8) is 0 Å². The fourth-order valence-corrected chi connectivity index (χ4v) is 2.99. The van der Waals surface area contributed by atoms with Crippen LogP contribution in [0.4, 0.5) is 0 Å². The molecule has 122 valence electrons. The molecule has 0 amide bonds. The van der Waals surface area contributed by atoms with Crippen molar-refractivity contribution < 1.29 is 14.6 Å². The number of rotatable bonds is 5. The summed E-state index contributed by atoms with van der Waals surface area (Å²) < 4.78 is 5.77. The lowest BCUT2D eigenvalue weighted by molar-refractivity contribution is -0.145. The van der Waals surface area contributed by atoms with Crippen molar-refractivity contribution in [3.8, 4) is 5.75 Å². The molecule has 3 aromatic rings. The molecule has 24 heavy (non-hydrogen) atoms. The molecule has 0 aliphatic rings. The quantitative estimate of drug-likeness (QED) is 0.751. The number of carbonyl (C=O) groups is 1. The molecule has 3 heteroatoms. The highest BCUT2D eigenvalue weighted by Crippen LogP contribution is 2.22. The predicted molar refractivity (Wildman–Crippen MR) is 95.6 cm³/mol. The Morgan fingerprint density at radius 3 is 2.29 bits per heavy atom. The van der Waals surface area contributed by atoms with Gasteiger partial charge in [-0.1, -0.05) is 59.7 Å². The Labute approximate surface area is 141 Å². The van der Waals surface area contributed by atoms with Crippen LogP contribution in [-0.4, -0.2) is 17.2 Å². The van der Waals surface area contributed by atoms with Gasteiger partial charge in [0.25, 0.3) is 0 Å². The van der Waals surface area contributed by atoms with Gasteiger partial charge >= 0.3 is 5.97 Å². The van der Waals surface area contributed by atoms with Gasteiger partial charge in [0.05, 0.1) is 0 Å². The van der Waals surface area contributed by atoms with Crippen molar-refractivity contribution in [2.75, 3.05) is 0 Å². The molecule has 0 bridgehead atoms. The van der Waals surface area contributed by atoms with Crippen LogP contribution in [0.15, 0.2) is 60.7 Å². The van der Waals surface area contributed by atoms with Crippen LogP contribution in [0.1, 0.15) is 16.7 Å². The average molecular weight is 320 g/mol. The van der Waals surface area contributed by atoms with Crippen molar-refractivity contribution in [1.82, 2.24) is 0 Å². The summed E-state index contributed by atoms with van der Waals surface area (Å²) in [7, 11) is 0. The second-order valence-electron chi connectivity index (χ2n) is 6.15. The lowest BCUT2D eigenvalue weighted by atomic mass is 10.0. The van der Waals surface area contributed by atoms with Gasteiger partial charge in [-0.05, 0) is 42.3 Å². The lowest BCUT2D eigenvalue weighted by Crippen LogP contribution is -2.29. The van der Waals surface area contributed by atoms with E-state index in [2.05, 4.69) is 6.07 Å². The maximum Gasteiger partial charge on any atom is 0.345 e. The van der Waals surface area contributed by atoms with Gasteiger partial charge in [-0.2, -0.15) is 0 Å². The van der Waals surface area contributed by atoms with E-state index in [1.807, 2.05) is 68.4 Å². The largest absolute Gasteiger partial charge is 0.478 e. The Morgan fingerprint density at radius 2 is 1.62 bits per heavy atom. The zero-order valence-corrected chi connectivity index (χ0v) is 13.8. The lowest BCUT2D eigenvalue weighted by Gasteiger charge is -2.16. The first-order valence-corrected chi connectivity index (χ1v) is 7.97. The number of fused-ring (bicyclic) bond motifs is 1. The Kier molecular flexibility index (Phi) is 4.52. The molecule has 1 N–H and O–H groups in total. The number of carboxylic acid groups (broad SMARTS) is 1. The van der Waals surface area contributed by atoms with E-state index >= 15 is 0 Å². The molecule has 1 atom stereocenters. The van der Waals surface area contributed by atoms with E-state index in [1.54, 1.807) is 0 Å². The van der Waals surface area contributed by atoms with Gasteiger partial charge in [-0.25, -0.2) is 4.79 Å². The number of carboxylic acids is 1. The molecule has 0 spiro atoms. The van der Waals surface area contributed by atoms with Crippen molar-refractivity contribution >= 4 is 16.7 Å². The second kappa shape index (κ2) is 6.75. The van der Waals surface area contributed by atoms with Crippen LogP contribution < -0.4 is 4.74 Å². The van der Waals surface area contributed by atoms with Crippen LogP contribution in [0.25, 0.3) is 10.8 Å². The fourth-order valence-electron chi connectivity index (χ4n) is 2.99. The third-order valence-electron chi connectivity index (χ3n) is 3.98. The average Bonchev–Trinajstić information content (AvgIpc) is 2.53. The number of hydrogen-bond acceptors (Lipinski definition) is 2. The highest BCUT2D eigenvalue weighted by Gasteiger charge is 2.20. The molecule has 0 saturated heterocycles. The first-order chi connectivity index (χ1) is 11.5. The maximum absolute atomic E-state index is 11.6. The van der Waals surface area contributed by atoms with E-state index in [9.17, 15) is 9.90 Å². The first kappa shape index (κ1) is 16.1. The van der Waals surface area contributed by atoms with E-state index < -0.39 is 12.1 Å². The van der Waals surface area contributed by atoms with Crippen LogP contribution in [0.3, 0.4) is 0 Å². The minimum atomic E-state index is -0.956. The van der Waals surface area contributed by atoms with E-state index in [-0.39, 0.29) is 0 Å². The SMILES string of the molecule is Cc1cc(C)cc(C[C@@H](Oc2ccc3ccccc3c2)C(=O)O)c1. The van der Waals surface area contributed by atoms with E-state index in [0.29, 0.717) is 12.2 Å². The van der Waals surface area contributed by atoms with Gasteiger partial charge in [-0.3, -0.25) is 0 Å². The fraction of sp³-hybridized carbons (Fsp3) is 0.190. The second-order valence-corrected chi connectivity index (χ2v) is 6.15. The van der Waals surface area contributed by atoms with Crippen LogP contribution in [0.2, 0.25) is 0 Å². The van der Waals surface area contributed by atoms with Crippen molar-refractivity contribution in [2.45, 2.75) is 26.4 Å². The van der Waals surface area contributed by atoms with Gasteiger partial charge in [0.2, 0.25) is 0 Å². The first-order valence-electron chi connectivity index (χ1n) is 7.97. The van der Waals surface area contributed by atoms with E-state index in [4.69, 9.17) is 4.74 Å². The molecule has 0 unspecified atom stereocenters. The number of aliphatic carboxylic acids is 1.